The lowest BCUT2D eigenvalue weighted by molar-refractivity contribution is -0.139. The van der Waals surface area contributed by atoms with E-state index in [1.165, 1.54) is 11.8 Å². The van der Waals surface area contributed by atoms with Crippen LogP contribution in [0.25, 0.3) is 0 Å². The molecular weight excluding hydrogens is 356 g/mol. The Morgan fingerprint density at radius 1 is 1.35 bits per heavy atom. The standard InChI is InChI=1S/C16H22N6O3S/c1-3-9-21-11(2)18-19-15(21)26-10-12(23)20-22-13(24)16(17-14(22)25)7-5-4-6-8-16/h3H,1,4-10H2,2H3,(H,17,25)(H,20,23). The van der Waals surface area contributed by atoms with Crippen molar-refractivity contribution >= 4 is 29.6 Å². The first-order valence-electron chi connectivity index (χ1n) is 8.56. The first-order valence-corrected chi connectivity index (χ1v) is 9.55. The quantitative estimate of drug-likeness (QED) is 0.437. The number of urea groups is 1. The molecule has 3 rings (SSSR count). The van der Waals surface area contributed by atoms with Crippen molar-refractivity contribution in [1.82, 2.24) is 30.5 Å². The van der Waals surface area contributed by atoms with E-state index in [0.717, 1.165) is 30.1 Å². The first kappa shape index (κ1) is 18.4. The molecule has 1 aliphatic carbocycles. The fraction of sp³-hybridized carbons (Fsp3) is 0.562. The number of hydrogen-bond acceptors (Lipinski definition) is 6. The van der Waals surface area contributed by atoms with Crippen LogP contribution < -0.4 is 10.7 Å². The average molecular weight is 378 g/mol. The molecule has 140 valence electrons. The van der Waals surface area contributed by atoms with Gasteiger partial charge in [-0.2, -0.15) is 5.01 Å². The number of imide groups is 1. The molecule has 2 heterocycles. The van der Waals surface area contributed by atoms with Crippen molar-refractivity contribution in [1.29, 1.82) is 0 Å². The Kier molecular flexibility index (Phi) is 5.30. The Hall–Kier alpha value is -2.36. The van der Waals surface area contributed by atoms with Crippen LogP contribution in [0.1, 0.15) is 37.9 Å². The number of carbonyl (C=O) groups is 3. The average Bonchev–Trinajstić information content (AvgIpc) is 3.07. The van der Waals surface area contributed by atoms with Gasteiger partial charge in [-0.05, 0) is 19.8 Å². The van der Waals surface area contributed by atoms with Crippen LogP contribution in [0, 0.1) is 6.92 Å². The minimum atomic E-state index is -0.850. The largest absolute Gasteiger partial charge is 0.344 e. The maximum atomic E-state index is 12.6. The molecule has 0 bridgehead atoms. The summed E-state index contributed by atoms with van der Waals surface area (Å²) in [6.07, 6.45) is 5.78. The molecule has 4 amide bonds. The first-order chi connectivity index (χ1) is 12.5. The van der Waals surface area contributed by atoms with Crippen LogP contribution in [-0.2, 0) is 16.1 Å². The normalized spacial score (nSPS) is 18.9. The van der Waals surface area contributed by atoms with Gasteiger partial charge in [-0.3, -0.25) is 15.0 Å². The molecule has 0 atom stereocenters. The molecule has 0 unspecified atom stereocenters. The number of aryl methyl sites for hydroxylation is 1. The van der Waals surface area contributed by atoms with E-state index in [1.807, 2.05) is 11.5 Å². The SMILES string of the molecule is C=CCn1c(C)nnc1SCC(=O)NN1C(=O)NC2(CCCCC2)C1=O. The van der Waals surface area contributed by atoms with Crippen LogP contribution in [0.4, 0.5) is 4.79 Å². The summed E-state index contributed by atoms with van der Waals surface area (Å²) < 4.78 is 1.83. The maximum absolute atomic E-state index is 12.6. The topological polar surface area (TPSA) is 109 Å². The number of allylic oxidation sites excluding steroid dienone is 1. The summed E-state index contributed by atoms with van der Waals surface area (Å²) in [5.74, 6) is -0.0798. The van der Waals surface area contributed by atoms with Gasteiger partial charge in [0.25, 0.3) is 5.91 Å². The highest BCUT2D eigenvalue weighted by Crippen LogP contribution is 2.33. The van der Waals surface area contributed by atoms with Gasteiger partial charge in [0.2, 0.25) is 5.91 Å². The van der Waals surface area contributed by atoms with Gasteiger partial charge < -0.3 is 9.88 Å². The Morgan fingerprint density at radius 2 is 2.08 bits per heavy atom. The van der Waals surface area contributed by atoms with Crippen molar-refractivity contribution in [3.05, 3.63) is 18.5 Å². The third-order valence-electron chi connectivity index (χ3n) is 4.65. The van der Waals surface area contributed by atoms with Crippen molar-refractivity contribution in [3.8, 4) is 0 Å². The summed E-state index contributed by atoms with van der Waals surface area (Å²) in [4.78, 5) is 37.0. The minimum absolute atomic E-state index is 0.0132. The number of nitrogens with zero attached hydrogens (tertiary/aromatic N) is 4. The van der Waals surface area contributed by atoms with Crippen LogP contribution in [0.5, 0.6) is 0 Å². The van der Waals surface area contributed by atoms with E-state index in [-0.39, 0.29) is 11.7 Å². The molecule has 1 aromatic heterocycles. The van der Waals surface area contributed by atoms with Gasteiger partial charge in [0.05, 0.1) is 5.75 Å². The zero-order valence-corrected chi connectivity index (χ0v) is 15.5. The predicted octanol–water partition coefficient (Wildman–Crippen LogP) is 1.15. The van der Waals surface area contributed by atoms with E-state index in [2.05, 4.69) is 27.5 Å². The van der Waals surface area contributed by atoms with Gasteiger partial charge >= 0.3 is 6.03 Å². The van der Waals surface area contributed by atoms with Crippen LogP contribution in [0.2, 0.25) is 0 Å². The molecule has 1 saturated carbocycles. The number of rotatable bonds is 6. The maximum Gasteiger partial charge on any atom is 0.344 e. The van der Waals surface area contributed by atoms with Gasteiger partial charge in [-0.25, -0.2) is 4.79 Å². The molecule has 0 aromatic carbocycles. The number of hydrazine groups is 1. The zero-order valence-electron chi connectivity index (χ0n) is 14.7. The van der Waals surface area contributed by atoms with E-state index >= 15 is 0 Å². The van der Waals surface area contributed by atoms with Crippen molar-refractivity contribution in [2.45, 2.75) is 56.3 Å². The Balaban J connectivity index is 1.59. The molecule has 2 N–H and O–H groups in total. The number of nitrogens with one attached hydrogen (secondary N) is 2. The molecule has 2 aliphatic rings. The Labute approximate surface area is 155 Å². The van der Waals surface area contributed by atoms with E-state index in [0.29, 0.717) is 24.5 Å². The molecular formula is C16H22N6O3S. The lowest BCUT2D eigenvalue weighted by Gasteiger charge is -2.30. The summed E-state index contributed by atoms with van der Waals surface area (Å²) in [6.45, 7) is 6.04. The molecule has 1 aliphatic heterocycles. The van der Waals surface area contributed by atoms with Crippen LogP contribution in [-0.4, -0.2) is 48.9 Å². The number of amides is 4. The monoisotopic (exact) mass is 378 g/mol. The smallest absolute Gasteiger partial charge is 0.322 e. The van der Waals surface area contributed by atoms with Gasteiger partial charge in [0.15, 0.2) is 5.16 Å². The molecule has 2 fully saturated rings. The van der Waals surface area contributed by atoms with Crippen LogP contribution in [0.3, 0.4) is 0 Å². The second-order valence-electron chi connectivity index (χ2n) is 6.47. The second-order valence-corrected chi connectivity index (χ2v) is 7.41. The van der Waals surface area contributed by atoms with Crippen molar-refractivity contribution in [3.63, 3.8) is 0 Å². The lowest BCUT2D eigenvalue weighted by atomic mass is 9.82. The number of carbonyl (C=O) groups excluding carboxylic acids is 3. The second kappa shape index (κ2) is 7.48. The number of aromatic nitrogens is 3. The fourth-order valence-electron chi connectivity index (χ4n) is 3.31. The molecule has 9 nitrogen and oxygen atoms in total. The summed E-state index contributed by atoms with van der Waals surface area (Å²) in [6, 6.07) is -0.569. The highest BCUT2D eigenvalue weighted by Gasteiger charge is 2.52. The summed E-state index contributed by atoms with van der Waals surface area (Å²) in [5.41, 5.74) is 1.56. The molecule has 1 spiro atoms. The van der Waals surface area contributed by atoms with E-state index in [9.17, 15) is 14.4 Å². The third kappa shape index (κ3) is 3.46. The molecule has 0 radical (unpaired) electrons. The predicted molar refractivity (Wildman–Crippen MR) is 95.0 cm³/mol. The van der Waals surface area contributed by atoms with Crippen molar-refractivity contribution < 1.29 is 14.4 Å². The Morgan fingerprint density at radius 3 is 2.77 bits per heavy atom. The minimum Gasteiger partial charge on any atom is -0.322 e. The lowest BCUT2D eigenvalue weighted by Crippen LogP contribution is -2.51. The van der Waals surface area contributed by atoms with Crippen molar-refractivity contribution in [2.24, 2.45) is 0 Å². The molecule has 1 aromatic rings. The van der Waals surface area contributed by atoms with Gasteiger partial charge in [-0.15, -0.1) is 16.8 Å². The van der Waals surface area contributed by atoms with Crippen LogP contribution in [0.15, 0.2) is 17.8 Å². The summed E-state index contributed by atoms with van der Waals surface area (Å²) in [5, 5.41) is 12.2. The third-order valence-corrected chi connectivity index (χ3v) is 5.62. The van der Waals surface area contributed by atoms with Crippen LogP contribution >= 0.6 is 11.8 Å². The summed E-state index contributed by atoms with van der Waals surface area (Å²) >= 11 is 1.19. The van der Waals surface area contributed by atoms with Gasteiger partial charge in [0, 0.05) is 6.54 Å². The Bertz CT molecular complexity index is 740. The highest BCUT2D eigenvalue weighted by atomic mass is 32.2. The van der Waals surface area contributed by atoms with E-state index < -0.39 is 17.5 Å². The molecule has 1 saturated heterocycles. The molecule has 10 heteroatoms. The molecule has 26 heavy (non-hydrogen) atoms. The van der Waals surface area contributed by atoms with Crippen molar-refractivity contribution in [2.75, 3.05) is 5.75 Å². The van der Waals surface area contributed by atoms with E-state index in [4.69, 9.17) is 0 Å². The number of thioether (sulfide) groups is 1. The van der Waals surface area contributed by atoms with Gasteiger partial charge in [-0.1, -0.05) is 37.1 Å². The number of hydrogen-bond donors (Lipinski definition) is 2. The fourth-order valence-corrected chi connectivity index (χ4v) is 4.10. The highest BCUT2D eigenvalue weighted by molar-refractivity contribution is 7.99. The summed E-state index contributed by atoms with van der Waals surface area (Å²) in [7, 11) is 0. The van der Waals surface area contributed by atoms with Gasteiger partial charge in [0.1, 0.15) is 11.4 Å². The zero-order chi connectivity index (χ0) is 18.7. The van der Waals surface area contributed by atoms with E-state index in [1.54, 1.807) is 6.08 Å².